The van der Waals surface area contributed by atoms with E-state index in [9.17, 15) is 4.79 Å². The van der Waals surface area contributed by atoms with E-state index < -0.39 is 5.97 Å². The van der Waals surface area contributed by atoms with Crippen LogP contribution in [0.1, 0.15) is 58.3 Å². The van der Waals surface area contributed by atoms with Gasteiger partial charge >= 0.3 is 5.97 Å². The van der Waals surface area contributed by atoms with Crippen molar-refractivity contribution in [2.75, 3.05) is 0 Å². The highest BCUT2D eigenvalue weighted by Crippen LogP contribution is 2.02. The fourth-order valence-electron chi connectivity index (χ4n) is 1.74. The van der Waals surface area contributed by atoms with Crippen molar-refractivity contribution in [3.63, 3.8) is 0 Å². The van der Waals surface area contributed by atoms with Crippen LogP contribution in [-0.2, 0) is 4.79 Å². The Hall–Kier alpha value is -1.83. The number of hydrogen-bond donors (Lipinski definition) is 1. The van der Waals surface area contributed by atoms with Gasteiger partial charge in [-0.05, 0) is 38.5 Å². The van der Waals surface area contributed by atoms with Crippen LogP contribution < -0.4 is 0 Å². The highest BCUT2D eigenvalue weighted by atomic mass is 16.4. The monoisotopic (exact) mass is 302 g/mol. The summed E-state index contributed by atoms with van der Waals surface area (Å²) in [7, 11) is 0. The van der Waals surface area contributed by atoms with Gasteiger partial charge in [-0.15, -0.1) is 0 Å². The minimum atomic E-state index is -0.754. The molecule has 0 aromatic heterocycles. The summed E-state index contributed by atoms with van der Waals surface area (Å²) in [5, 5.41) is 8.47. The Bertz CT molecular complexity index is 398. The molecule has 1 N–H and O–H groups in total. The Morgan fingerprint density at radius 1 is 0.727 bits per heavy atom. The van der Waals surface area contributed by atoms with Crippen molar-refractivity contribution in [1.82, 2.24) is 0 Å². The maximum Gasteiger partial charge on any atom is 0.303 e. The molecular weight excluding hydrogens is 272 g/mol. The average molecular weight is 302 g/mol. The molecular formula is C20H30O2. The van der Waals surface area contributed by atoms with E-state index in [2.05, 4.69) is 31.2 Å². The number of unbranched alkanes of at least 4 members (excludes halogenated alkanes) is 4. The van der Waals surface area contributed by atoms with Gasteiger partial charge in [0, 0.05) is 6.42 Å². The van der Waals surface area contributed by atoms with Crippen LogP contribution >= 0.6 is 0 Å². The molecule has 0 aliphatic carbocycles. The van der Waals surface area contributed by atoms with Gasteiger partial charge in [-0.25, -0.2) is 0 Å². The maximum atomic E-state index is 10.3. The number of carbonyl (C=O) groups is 1. The molecule has 0 aliphatic rings. The van der Waals surface area contributed by atoms with E-state index in [1.165, 1.54) is 32.1 Å². The first-order chi connectivity index (χ1) is 10.8. The van der Waals surface area contributed by atoms with Gasteiger partial charge in [0.15, 0.2) is 0 Å². The third-order valence-corrected chi connectivity index (χ3v) is 2.97. The molecule has 0 bridgehead atoms. The Balaban J connectivity index is 3.50. The van der Waals surface area contributed by atoms with E-state index in [-0.39, 0.29) is 6.42 Å². The van der Waals surface area contributed by atoms with Gasteiger partial charge in [-0.1, -0.05) is 74.1 Å². The van der Waals surface area contributed by atoms with Crippen molar-refractivity contribution in [3.8, 4) is 0 Å². The van der Waals surface area contributed by atoms with Crippen LogP contribution in [0.3, 0.4) is 0 Å². The Labute approximate surface area is 135 Å². The quantitative estimate of drug-likeness (QED) is 0.258. The molecule has 0 aromatic rings. The zero-order valence-corrected chi connectivity index (χ0v) is 13.8. The Kier molecular flexibility index (Phi) is 15.8. The van der Waals surface area contributed by atoms with E-state index in [4.69, 9.17) is 5.11 Å². The van der Waals surface area contributed by atoms with Crippen molar-refractivity contribution >= 4 is 5.97 Å². The van der Waals surface area contributed by atoms with Crippen LogP contribution in [0, 0.1) is 0 Å². The molecule has 0 fully saturated rings. The summed E-state index contributed by atoms with van der Waals surface area (Å²) in [5.41, 5.74) is 0. The van der Waals surface area contributed by atoms with Crippen molar-refractivity contribution in [2.45, 2.75) is 58.3 Å². The lowest BCUT2D eigenvalue weighted by Crippen LogP contribution is -1.91. The first-order valence-corrected chi connectivity index (χ1v) is 8.29. The van der Waals surface area contributed by atoms with Crippen LogP contribution in [0.2, 0.25) is 0 Å². The molecule has 122 valence electrons. The van der Waals surface area contributed by atoms with Gasteiger partial charge in [0.25, 0.3) is 0 Å². The highest BCUT2D eigenvalue weighted by Gasteiger charge is 1.90. The largest absolute Gasteiger partial charge is 0.481 e. The zero-order chi connectivity index (χ0) is 16.3. The summed E-state index contributed by atoms with van der Waals surface area (Å²) in [6.07, 6.45) is 28.5. The summed E-state index contributed by atoms with van der Waals surface area (Å²) >= 11 is 0. The molecule has 22 heavy (non-hydrogen) atoms. The average Bonchev–Trinajstić information content (AvgIpc) is 2.50. The lowest BCUT2D eigenvalue weighted by molar-refractivity contribution is -0.136. The van der Waals surface area contributed by atoms with E-state index in [1.54, 1.807) is 0 Å². The third kappa shape index (κ3) is 18.2. The van der Waals surface area contributed by atoms with Gasteiger partial charge < -0.3 is 5.11 Å². The first-order valence-electron chi connectivity index (χ1n) is 8.29. The van der Waals surface area contributed by atoms with Gasteiger partial charge in [0.05, 0.1) is 0 Å². The molecule has 0 saturated carbocycles. The minimum Gasteiger partial charge on any atom is -0.481 e. The molecule has 0 heterocycles. The van der Waals surface area contributed by atoms with E-state index in [1.807, 2.05) is 36.5 Å². The summed E-state index contributed by atoms with van der Waals surface area (Å²) in [6.45, 7) is 2.20. The SMILES string of the molecule is CCC/C=C/CCCC/C=C/C=C/C=C/C=C/CCC(=O)O. The number of aliphatic carboxylic acids is 1. The molecule has 0 rings (SSSR count). The normalized spacial score (nSPS) is 12.8. The van der Waals surface area contributed by atoms with Crippen LogP contribution in [0.25, 0.3) is 0 Å². The predicted octanol–water partition coefficient (Wildman–Crippen LogP) is 5.99. The topological polar surface area (TPSA) is 37.3 Å². The lowest BCUT2D eigenvalue weighted by Gasteiger charge is -1.92. The molecule has 2 nitrogen and oxygen atoms in total. The summed E-state index contributed by atoms with van der Waals surface area (Å²) < 4.78 is 0. The third-order valence-electron chi connectivity index (χ3n) is 2.97. The van der Waals surface area contributed by atoms with Gasteiger partial charge in [0.1, 0.15) is 0 Å². The Morgan fingerprint density at radius 2 is 1.23 bits per heavy atom. The second-order valence-electron chi connectivity index (χ2n) is 5.10. The zero-order valence-electron chi connectivity index (χ0n) is 13.8. The second-order valence-corrected chi connectivity index (χ2v) is 5.10. The molecule has 0 radical (unpaired) electrons. The van der Waals surface area contributed by atoms with Crippen molar-refractivity contribution < 1.29 is 9.90 Å². The number of rotatable bonds is 13. The predicted molar refractivity (Wildman–Crippen MR) is 95.9 cm³/mol. The van der Waals surface area contributed by atoms with Crippen molar-refractivity contribution in [2.24, 2.45) is 0 Å². The van der Waals surface area contributed by atoms with Gasteiger partial charge in [-0.3, -0.25) is 4.79 Å². The van der Waals surface area contributed by atoms with Gasteiger partial charge in [0.2, 0.25) is 0 Å². The second kappa shape index (κ2) is 17.2. The van der Waals surface area contributed by atoms with Crippen LogP contribution in [0.4, 0.5) is 0 Å². The van der Waals surface area contributed by atoms with Crippen LogP contribution in [-0.4, -0.2) is 11.1 Å². The highest BCUT2D eigenvalue weighted by molar-refractivity contribution is 5.66. The fraction of sp³-hybridized carbons (Fsp3) is 0.450. The fourth-order valence-corrected chi connectivity index (χ4v) is 1.74. The van der Waals surface area contributed by atoms with Crippen LogP contribution in [0.15, 0.2) is 60.8 Å². The van der Waals surface area contributed by atoms with E-state index in [0.29, 0.717) is 6.42 Å². The maximum absolute atomic E-state index is 10.3. The molecule has 0 unspecified atom stereocenters. The van der Waals surface area contributed by atoms with Crippen molar-refractivity contribution in [3.05, 3.63) is 60.8 Å². The smallest absolute Gasteiger partial charge is 0.303 e. The molecule has 2 heteroatoms. The number of carboxylic acid groups (broad SMARTS) is 1. The first kappa shape index (κ1) is 20.2. The standard InChI is InChI=1S/C20H30O2/c1-2-3-4-5-6-7-8-9-10-11-12-13-14-15-16-17-18-19-20(21)22/h4-5,10-17H,2-3,6-9,18-19H2,1H3,(H,21,22)/b5-4+,11-10+,13-12+,15-14+,17-16+. The number of allylic oxidation sites excluding steroid dienone is 10. The van der Waals surface area contributed by atoms with Crippen LogP contribution in [0.5, 0.6) is 0 Å². The molecule has 0 aromatic carbocycles. The van der Waals surface area contributed by atoms with Gasteiger partial charge in [-0.2, -0.15) is 0 Å². The van der Waals surface area contributed by atoms with Crippen molar-refractivity contribution in [1.29, 1.82) is 0 Å². The molecule has 0 aliphatic heterocycles. The van der Waals surface area contributed by atoms with E-state index >= 15 is 0 Å². The molecule has 0 amide bonds. The number of hydrogen-bond acceptors (Lipinski definition) is 1. The Morgan fingerprint density at radius 3 is 1.82 bits per heavy atom. The summed E-state index contributed by atoms with van der Waals surface area (Å²) in [4.78, 5) is 10.3. The lowest BCUT2D eigenvalue weighted by atomic mass is 10.1. The minimum absolute atomic E-state index is 0.192. The molecule has 0 atom stereocenters. The molecule has 0 saturated heterocycles. The van der Waals surface area contributed by atoms with E-state index in [0.717, 1.165) is 6.42 Å². The summed E-state index contributed by atoms with van der Waals surface area (Å²) in [6, 6.07) is 0. The summed E-state index contributed by atoms with van der Waals surface area (Å²) in [5.74, 6) is -0.754. The number of carboxylic acids is 1. The molecule has 0 spiro atoms.